The average Bonchev–Trinajstić information content (AvgIpc) is 3.35. The Kier molecular flexibility index (Phi) is 5.89. The molecule has 0 aliphatic rings. The molecule has 1 amide bonds. The lowest BCUT2D eigenvalue weighted by atomic mass is 10.2. The molecule has 0 aliphatic heterocycles. The fourth-order valence-corrected chi connectivity index (χ4v) is 3.53. The molecule has 1 N–H and O–H groups in total. The van der Waals surface area contributed by atoms with Gasteiger partial charge in [0.25, 0.3) is 11.1 Å². The summed E-state index contributed by atoms with van der Waals surface area (Å²) in [7, 11) is 0. The molecule has 2 aromatic heterocycles. The summed E-state index contributed by atoms with van der Waals surface area (Å²) in [5.74, 6) is 0.837. The number of thioether (sulfide) groups is 1. The number of halogens is 2. The molecule has 4 aromatic rings. The van der Waals surface area contributed by atoms with Gasteiger partial charge in [-0.1, -0.05) is 53.2 Å². The number of rotatable bonds is 6. The Labute approximate surface area is 179 Å². The second-order valence-corrected chi connectivity index (χ2v) is 7.54. The summed E-state index contributed by atoms with van der Waals surface area (Å²) in [6.45, 7) is 0. The summed E-state index contributed by atoms with van der Waals surface area (Å²) in [6, 6.07) is 16.2. The van der Waals surface area contributed by atoms with E-state index in [2.05, 4.69) is 15.5 Å². The van der Waals surface area contributed by atoms with Crippen molar-refractivity contribution < 1.29 is 13.6 Å². The fraction of sp³-hybridized carbons (Fsp3) is 0.0500. The minimum atomic E-state index is -0.293. The molecule has 0 unspecified atom stereocenters. The number of hydrogen-bond acceptors (Lipinski definition) is 6. The number of amides is 1. The topological polar surface area (TPSA) is 80.6 Å². The van der Waals surface area contributed by atoms with E-state index in [-0.39, 0.29) is 11.7 Å². The third-order valence-electron chi connectivity index (χ3n) is 3.83. The first-order chi connectivity index (χ1) is 14.1. The van der Waals surface area contributed by atoms with Crippen molar-refractivity contribution >= 4 is 58.2 Å². The maximum Gasteiger partial charge on any atom is 0.257 e. The number of carbonyl (C=O) groups is 1. The van der Waals surface area contributed by atoms with Crippen LogP contribution < -0.4 is 5.43 Å². The van der Waals surface area contributed by atoms with Gasteiger partial charge in [0.1, 0.15) is 17.0 Å². The molecule has 0 atom stereocenters. The monoisotopic (exact) mass is 445 g/mol. The lowest BCUT2D eigenvalue weighted by molar-refractivity contribution is -0.118. The zero-order chi connectivity index (χ0) is 20.2. The van der Waals surface area contributed by atoms with Crippen LogP contribution in [-0.2, 0) is 4.79 Å². The first-order valence-electron chi connectivity index (χ1n) is 8.44. The van der Waals surface area contributed by atoms with Crippen LogP contribution >= 0.6 is 35.0 Å². The number of aromatic nitrogens is 1. The van der Waals surface area contributed by atoms with Crippen LogP contribution in [0.5, 0.6) is 0 Å². The number of para-hydroxylation sites is 2. The molecule has 0 radical (unpaired) electrons. The quantitative estimate of drug-likeness (QED) is 0.236. The van der Waals surface area contributed by atoms with Gasteiger partial charge in [0.2, 0.25) is 0 Å². The molecule has 0 saturated heterocycles. The molecule has 6 nitrogen and oxygen atoms in total. The maximum atomic E-state index is 12.0. The van der Waals surface area contributed by atoms with Gasteiger partial charge in [-0.2, -0.15) is 5.10 Å². The van der Waals surface area contributed by atoms with E-state index in [0.29, 0.717) is 37.9 Å². The van der Waals surface area contributed by atoms with Crippen LogP contribution in [-0.4, -0.2) is 22.9 Å². The minimum Gasteiger partial charge on any atom is -0.455 e. The van der Waals surface area contributed by atoms with E-state index in [1.807, 2.05) is 24.3 Å². The van der Waals surface area contributed by atoms with E-state index in [1.165, 1.54) is 18.0 Å². The molecule has 29 heavy (non-hydrogen) atoms. The molecule has 0 fully saturated rings. The van der Waals surface area contributed by atoms with Crippen LogP contribution in [0, 0.1) is 0 Å². The van der Waals surface area contributed by atoms with Gasteiger partial charge in [-0.3, -0.25) is 4.79 Å². The van der Waals surface area contributed by atoms with E-state index in [9.17, 15) is 4.79 Å². The van der Waals surface area contributed by atoms with Gasteiger partial charge in [0.05, 0.1) is 22.0 Å². The fourth-order valence-electron chi connectivity index (χ4n) is 2.50. The van der Waals surface area contributed by atoms with Crippen LogP contribution in [0.3, 0.4) is 0 Å². The number of furan rings is 1. The molecular weight excluding hydrogens is 433 g/mol. The Balaban J connectivity index is 1.32. The summed E-state index contributed by atoms with van der Waals surface area (Å²) in [5, 5.41) is 5.19. The molecule has 146 valence electrons. The number of fused-ring (bicyclic) bond motifs is 1. The predicted octanol–water partition coefficient (Wildman–Crippen LogP) is 5.64. The molecule has 0 spiro atoms. The van der Waals surface area contributed by atoms with Crippen LogP contribution in [0.2, 0.25) is 10.0 Å². The number of carbonyl (C=O) groups excluding carboxylic acids is 1. The third kappa shape index (κ3) is 4.64. The van der Waals surface area contributed by atoms with E-state index in [0.717, 1.165) is 5.52 Å². The van der Waals surface area contributed by atoms with Gasteiger partial charge >= 0.3 is 0 Å². The van der Waals surface area contributed by atoms with Crippen molar-refractivity contribution in [2.45, 2.75) is 5.22 Å². The van der Waals surface area contributed by atoms with Crippen molar-refractivity contribution in [3.05, 3.63) is 70.4 Å². The van der Waals surface area contributed by atoms with E-state index in [4.69, 9.17) is 32.0 Å². The van der Waals surface area contributed by atoms with Gasteiger partial charge in [-0.15, -0.1) is 0 Å². The molecule has 2 aromatic carbocycles. The number of hydrazone groups is 1. The number of hydrogen-bond donors (Lipinski definition) is 1. The Hall–Kier alpha value is -2.74. The Morgan fingerprint density at radius 2 is 1.97 bits per heavy atom. The van der Waals surface area contributed by atoms with Crippen LogP contribution in [0.15, 0.2) is 73.8 Å². The summed E-state index contributed by atoms with van der Waals surface area (Å²) in [5.41, 5.74) is 4.55. The number of benzene rings is 2. The van der Waals surface area contributed by atoms with Gasteiger partial charge in [0, 0.05) is 5.56 Å². The van der Waals surface area contributed by atoms with Crippen molar-refractivity contribution in [2.75, 3.05) is 5.75 Å². The first kappa shape index (κ1) is 19.6. The number of nitrogens with one attached hydrogen (secondary N) is 1. The normalized spacial score (nSPS) is 11.4. The number of nitrogens with zero attached hydrogens (tertiary/aromatic N) is 2. The smallest absolute Gasteiger partial charge is 0.257 e. The second-order valence-electron chi connectivity index (χ2n) is 5.83. The van der Waals surface area contributed by atoms with Gasteiger partial charge in [-0.05, 0) is 36.4 Å². The van der Waals surface area contributed by atoms with Crippen molar-refractivity contribution in [1.29, 1.82) is 0 Å². The molecular formula is C20H13Cl2N3O3S. The Bertz CT molecular complexity index is 1170. The minimum absolute atomic E-state index is 0.117. The van der Waals surface area contributed by atoms with Crippen molar-refractivity contribution in [3.8, 4) is 11.3 Å². The summed E-state index contributed by atoms with van der Waals surface area (Å²) in [6.07, 6.45) is 1.41. The average molecular weight is 446 g/mol. The molecule has 0 aliphatic carbocycles. The second kappa shape index (κ2) is 8.73. The molecule has 4 rings (SSSR count). The Morgan fingerprint density at radius 3 is 2.83 bits per heavy atom. The molecule has 0 bridgehead atoms. The lowest BCUT2D eigenvalue weighted by Crippen LogP contribution is -2.19. The SMILES string of the molecule is O=C(CSc1nc2ccccc2o1)N/N=C/c1ccc(-c2cccc(Cl)c2Cl)o1. The third-order valence-corrected chi connectivity index (χ3v) is 5.47. The highest BCUT2D eigenvalue weighted by atomic mass is 35.5. The highest BCUT2D eigenvalue weighted by Crippen LogP contribution is 2.34. The largest absolute Gasteiger partial charge is 0.455 e. The van der Waals surface area contributed by atoms with Crippen molar-refractivity contribution in [3.63, 3.8) is 0 Å². The highest BCUT2D eigenvalue weighted by molar-refractivity contribution is 7.99. The maximum absolute atomic E-state index is 12.0. The standard InChI is InChI=1S/C20H13Cl2N3O3S/c21-14-5-3-4-13(19(14)22)16-9-8-12(27-16)10-23-25-18(26)11-29-20-24-15-6-1-2-7-17(15)28-20/h1-10H,11H2,(H,25,26)/b23-10+. The summed E-state index contributed by atoms with van der Waals surface area (Å²) < 4.78 is 11.2. The highest BCUT2D eigenvalue weighted by Gasteiger charge is 2.11. The number of oxazole rings is 1. The summed E-state index contributed by atoms with van der Waals surface area (Å²) >= 11 is 13.4. The van der Waals surface area contributed by atoms with Gasteiger partial charge < -0.3 is 8.83 Å². The van der Waals surface area contributed by atoms with Crippen LogP contribution in [0.4, 0.5) is 0 Å². The summed E-state index contributed by atoms with van der Waals surface area (Å²) in [4.78, 5) is 16.3. The zero-order valence-electron chi connectivity index (χ0n) is 14.8. The van der Waals surface area contributed by atoms with E-state index in [1.54, 1.807) is 30.3 Å². The zero-order valence-corrected chi connectivity index (χ0v) is 17.1. The molecule has 0 saturated carbocycles. The lowest BCUT2D eigenvalue weighted by Gasteiger charge is -2.01. The van der Waals surface area contributed by atoms with E-state index >= 15 is 0 Å². The van der Waals surface area contributed by atoms with Crippen LogP contribution in [0.25, 0.3) is 22.4 Å². The molecule has 2 heterocycles. The van der Waals surface area contributed by atoms with Crippen LogP contribution in [0.1, 0.15) is 5.76 Å². The van der Waals surface area contributed by atoms with Gasteiger partial charge in [-0.25, -0.2) is 10.4 Å². The van der Waals surface area contributed by atoms with Gasteiger partial charge in [0.15, 0.2) is 5.58 Å². The molecule has 9 heteroatoms. The predicted molar refractivity (Wildman–Crippen MR) is 115 cm³/mol. The van der Waals surface area contributed by atoms with E-state index < -0.39 is 0 Å². The van der Waals surface area contributed by atoms with Crippen molar-refractivity contribution in [1.82, 2.24) is 10.4 Å². The van der Waals surface area contributed by atoms with Crippen molar-refractivity contribution in [2.24, 2.45) is 5.10 Å². The first-order valence-corrected chi connectivity index (χ1v) is 10.2. The Morgan fingerprint density at radius 1 is 1.10 bits per heavy atom.